The number of pyridine rings is 1. The highest BCUT2D eigenvalue weighted by Crippen LogP contribution is 2.35. The van der Waals surface area contributed by atoms with Crippen LogP contribution >= 0.6 is 0 Å². The van der Waals surface area contributed by atoms with Gasteiger partial charge < -0.3 is 20.7 Å². The number of alkyl halides is 3. The number of rotatable bonds is 8. The molecule has 0 spiro atoms. The van der Waals surface area contributed by atoms with Crippen LogP contribution in [0.2, 0.25) is 0 Å². The van der Waals surface area contributed by atoms with Crippen molar-refractivity contribution < 1.29 is 32.3 Å². The highest BCUT2D eigenvalue weighted by Gasteiger charge is 2.35. The maximum atomic E-state index is 13.9. The molecule has 1 aliphatic rings. The number of nitrogens with one attached hydrogen (secondary N) is 3. The zero-order valence-corrected chi connectivity index (χ0v) is 25.2. The summed E-state index contributed by atoms with van der Waals surface area (Å²) in [6.07, 6.45) is -1.44. The Labute approximate surface area is 261 Å². The second kappa shape index (κ2) is 12.7. The van der Waals surface area contributed by atoms with Crippen molar-refractivity contribution in [2.24, 2.45) is 0 Å². The standard InChI is InChI=1S/C31H29F3N8O4/c1-17-8-18(2)36-14-25(17)39-29-37-13-20-15-41(30(45)42(27(20)40-29)16-26(43)35-3)23-10-22(11-24(12-23)46-4)38-28(44)19-6-5-7-21(9-19)31(32,33)34/h5-14H,15-16H2,1-4H3,(H,35,43)(H,38,44)(H,37,39,40). The van der Waals surface area contributed by atoms with E-state index in [1.54, 1.807) is 12.3 Å². The largest absolute Gasteiger partial charge is 0.497 e. The lowest BCUT2D eigenvalue weighted by Crippen LogP contribution is -2.51. The van der Waals surface area contributed by atoms with Crippen molar-refractivity contribution >= 4 is 46.7 Å². The maximum absolute atomic E-state index is 13.9. The van der Waals surface area contributed by atoms with Crippen molar-refractivity contribution in [3.05, 3.63) is 88.9 Å². The van der Waals surface area contributed by atoms with Gasteiger partial charge in [0.2, 0.25) is 11.9 Å². The van der Waals surface area contributed by atoms with Crippen molar-refractivity contribution in [1.29, 1.82) is 0 Å². The molecule has 0 unspecified atom stereocenters. The van der Waals surface area contributed by atoms with E-state index >= 15 is 0 Å². The number of methoxy groups -OCH3 is 1. The summed E-state index contributed by atoms with van der Waals surface area (Å²) in [5, 5.41) is 8.19. The summed E-state index contributed by atoms with van der Waals surface area (Å²) in [6, 6.07) is 9.79. The summed E-state index contributed by atoms with van der Waals surface area (Å²) in [5.74, 6) is -0.578. The zero-order valence-electron chi connectivity index (χ0n) is 25.2. The van der Waals surface area contributed by atoms with Gasteiger partial charge in [0.1, 0.15) is 18.1 Å². The minimum atomic E-state index is -4.62. The number of urea groups is 1. The Kier molecular flexibility index (Phi) is 8.76. The quantitative estimate of drug-likeness (QED) is 0.240. The van der Waals surface area contributed by atoms with Gasteiger partial charge in [0.25, 0.3) is 5.91 Å². The fraction of sp³-hybridized carbons (Fsp3) is 0.226. The van der Waals surface area contributed by atoms with Crippen molar-refractivity contribution in [2.75, 3.05) is 41.1 Å². The predicted octanol–water partition coefficient (Wildman–Crippen LogP) is 5.20. The maximum Gasteiger partial charge on any atom is 0.416 e. The van der Waals surface area contributed by atoms with Gasteiger partial charge >= 0.3 is 12.2 Å². The number of hydrogen-bond acceptors (Lipinski definition) is 8. The lowest BCUT2D eigenvalue weighted by molar-refractivity contribution is -0.137. The molecule has 0 saturated heterocycles. The molecule has 12 nitrogen and oxygen atoms in total. The highest BCUT2D eigenvalue weighted by atomic mass is 19.4. The molecule has 0 radical (unpaired) electrons. The van der Waals surface area contributed by atoms with Crippen LogP contribution in [0.3, 0.4) is 0 Å². The fourth-order valence-corrected chi connectivity index (χ4v) is 4.76. The van der Waals surface area contributed by atoms with E-state index < -0.39 is 29.6 Å². The highest BCUT2D eigenvalue weighted by molar-refractivity contribution is 6.09. The van der Waals surface area contributed by atoms with Crippen LogP contribution in [-0.2, 0) is 17.5 Å². The molecule has 238 valence electrons. The molecular weight excluding hydrogens is 605 g/mol. The van der Waals surface area contributed by atoms with E-state index in [4.69, 9.17) is 4.74 Å². The number of carbonyl (C=O) groups excluding carboxylic acids is 3. The molecule has 0 atom stereocenters. The first-order chi connectivity index (χ1) is 21.9. The Hall–Kier alpha value is -5.73. The normalized spacial score (nSPS) is 12.8. The number of benzene rings is 2. The Morgan fingerprint density at radius 2 is 1.83 bits per heavy atom. The van der Waals surface area contributed by atoms with E-state index in [0.717, 1.165) is 29.5 Å². The van der Waals surface area contributed by atoms with Gasteiger partial charge in [0, 0.05) is 47.9 Å². The van der Waals surface area contributed by atoms with Crippen molar-refractivity contribution in [3.63, 3.8) is 0 Å². The molecule has 5 rings (SSSR count). The number of hydrogen-bond donors (Lipinski definition) is 3. The molecular formula is C31H29F3N8O4. The van der Waals surface area contributed by atoms with E-state index in [-0.39, 0.29) is 47.5 Å². The number of amides is 4. The van der Waals surface area contributed by atoms with Gasteiger partial charge in [-0.3, -0.25) is 24.4 Å². The number of aromatic nitrogens is 3. The number of carbonyl (C=O) groups is 3. The smallest absolute Gasteiger partial charge is 0.416 e. The molecule has 3 heterocycles. The van der Waals surface area contributed by atoms with E-state index in [1.165, 1.54) is 48.4 Å². The van der Waals surface area contributed by atoms with Gasteiger partial charge in [-0.15, -0.1) is 0 Å². The topological polar surface area (TPSA) is 142 Å². The summed E-state index contributed by atoms with van der Waals surface area (Å²) in [7, 11) is 2.83. The number of likely N-dealkylation sites (N-methyl/N-ethyl adjacent to an activating group) is 1. The van der Waals surface area contributed by atoms with Crippen molar-refractivity contribution in [2.45, 2.75) is 26.6 Å². The van der Waals surface area contributed by atoms with Gasteiger partial charge in [0.05, 0.1) is 36.8 Å². The van der Waals surface area contributed by atoms with Crippen LogP contribution in [0.4, 0.5) is 46.8 Å². The van der Waals surface area contributed by atoms with Gasteiger partial charge in [-0.05, 0) is 49.7 Å². The molecule has 0 fully saturated rings. The predicted molar refractivity (Wildman–Crippen MR) is 164 cm³/mol. The van der Waals surface area contributed by atoms with Crippen LogP contribution < -0.4 is 30.5 Å². The monoisotopic (exact) mass is 634 g/mol. The summed E-state index contributed by atoms with van der Waals surface area (Å²) in [5.41, 5.74) is 2.20. The average molecular weight is 635 g/mol. The van der Waals surface area contributed by atoms with Crippen LogP contribution in [0.15, 0.2) is 60.9 Å². The van der Waals surface area contributed by atoms with Crippen LogP contribution in [0.25, 0.3) is 0 Å². The summed E-state index contributed by atoms with van der Waals surface area (Å²) < 4.78 is 45.0. The third-order valence-electron chi connectivity index (χ3n) is 7.11. The first-order valence-electron chi connectivity index (χ1n) is 13.9. The Bertz CT molecular complexity index is 1830. The van der Waals surface area contributed by atoms with E-state index in [0.29, 0.717) is 11.3 Å². The number of anilines is 5. The van der Waals surface area contributed by atoms with Gasteiger partial charge in [-0.1, -0.05) is 6.07 Å². The Morgan fingerprint density at radius 3 is 2.52 bits per heavy atom. The molecule has 46 heavy (non-hydrogen) atoms. The summed E-state index contributed by atoms with van der Waals surface area (Å²) in [4.78, 5) is 55.2. The van der Waals surface area contributed by atoms with Gasteiger partial charge in [0.15, 0.2) is 0 Å². The number of ether oxygens (including phenoxy) is 1. The van der Waals surface area contributed by atoms with Gasteiger partial charge in [-0.25, -0.2) is 9.78 Å². The molecule has 0 aliphatic carbocycles. The SMILES string of the molecule is CNC(=O)CN1C(=O)N(c2cc(NC(=O)c3cccc(C(F)(F)F)c3)cc(OC)c2)Cc2cnc(Nc3cnc(C)cc3C)nc21. The Morgan fingerprint density at radius 1 is 1.04 bits per heavy atom. The third-order valence-corrected chi connectivity index (χ3v) is 7.11. The van der Waals surface area contributed by atoms with E-state index in [9.17, 15) is 27.6 Å². The number of fused-ring (bicyclic) bond motifs is 1. The van der Waals surface area contributed by atoms with Crippen LogP contribution in [0, 0.1) is 13.8 Å². The zero-order chi connectivity index (χ0) is 33.2. The van der Waals surface area contributed by atoms with E-state index in [1.807, 2.05) is 19.9 Å². The molecule has 2 aromatic carbocycles. The van der Waals surface area contributed by atoms with Crippen LogP contribution in [0.5, 0.6) is 5.75 Å². The molecule has 3 N–H and O–H groups in total. The van der Waals surface area contributed by atoms with Crippen LogP contribution in [0.1, 0.15) is 32.7 Å². The van der Waals surface area contributed by atoms with Crippen molar-refractivity contribution in [1.82, 2.24) is 20.3 Å². The lowest BCUT2D eigenvalue weighted by Gasteiger charge is -2.36. The fourth-order valence-electron chi connectivity index (χ4n) is 4.76. The third kappa shape index (κ3) is 6.82. The number of aryl methyl sites for hydroxylation is 2. The molecule has 2 aromatic heterocycles. The van der Waals surface area contributed by atoms with Crippen molar-refractivity contribution in [3.8, 4) is 5.75 Å². The minimum Gasteiger partial charge on any atom is -0.497 e. The molecule has 4 aromatic rings. The van der Waals surface area contributed by atoms with Crippen LogP contribution in [-0.4, -0.2) is 53.5 Å². The summed E-state index contributed by atoms with van der Waals surface area (Å²) >= 11 is 0. The minimum absolute atomic E-state index is 0.00200. The lowest BCUT2D eigenvalue weighted by atomic mass is 10.1. The second-order valence-electron chi connectivity index (χ2n) is 10.4. The molecule has 4 amide bonds. The first kappa shape index (κ1) is 31.7. The molecule has 0 saturated carbocycles. The number of halogens is 3. The molecule has 15 heteroatoms. The molecule has 0 bridgehead atoms. The Balaban J connectivity index is 1.47. The average Bonchev–Trinajstić information content (AvgIpc) is 3.03. The second-order valence-corrected chi connectivity index (χ2v) is 10.4. The molecule has 1 aliphatic heterocycles. The van der Waals surface area contributed by atoms with E-state index in [2.05, 4.69) is 30.9 Å². The summed E-state index contributed by atoms with van der Waals surface area (Å²) in [6.45, 7) is 3.41. The first-order valence-corrected chi connectivity index (χ1v) is 13.9. The number of nitrogens with zero attached hydrogens (tertiary/aromatic N) is 5. The van der Waals surface area contributed by atoms with Gasteiger partial charge in [-0.2, -0.15) is 18.2 Å².